The van der Waals surface area contributed by atoms with Gasteiger partial charge in [-0.1, -0.05) is 13.8 Å². The Hall–Kier alpha value is -1.06. The van der Waals surface area contributed by atoms with Gasteiger partial charge in [0.1, 0.15) is 0 Å². The van der Waals surface area contributed by atoms with Crippen LogP contribution in [0.25, 0.3) is 0 Å². The summed E-state index contributed by atoms with van der Waals surface area (Å²) in [5.74, 6) is 0.285. The van der Waals surface area contributed by atoms with Gasteiger partial charge in [-0.3, -0.25) is 9.97 Å². The molecule has 0 aromatic carbocycles. The van der Waals surface area contributed by atoms with E-state index in [2.05, 4.69) is 9.97 Å². The van der Waals surface area contributed by atoms with Gasteiger partial charge in [-0.2, -0.15) is 0 Å². The van der Waals surface area contributed by atoms with E-state index in [1.54, 1.807) is 6.20 Å². The molecule has 0 aliphatic carbocycles. The molecule has 0 fully saturated rings. The van der Waals surface area contributed by atoms with Gasteiger partial charge >= 0.3 is 0 Å². The predicted molar refractivity (Wildman–Crippen MR) is 45.8 cm³/mol. The molecule has 2 nitrogen and oxygen atoms in total. The standard InChI is InChI=1S/C9H12F2N2/c1-6(2)8-5-12-7(4-13-8)3-9(10)11/h4-6,9H,3H2,1-2H3. The van der Waals surface area contributed by atoms with Crippen LogP contribution in [0, 0.1) is 0 Å². The van der Waals surface area contributed by atoms with Gasteiger partial charge in [0.2, 0.25) is 6.43 Å². The average molecular weight is 186 g/mol. The minimum Gasteiger partial charge on any atom is -0.258 e. The van der Waals surface area contributed by atoms with Gasteiger partial charge in [0.15, 0.2) is 0 Å². The first-order chi connectivity index (χ1) is 6.09. The summed E-state index contributed by atoms with van der Waals surface area (Å²) in [5.41, 5.74) is 1.18. The van der Waals surface area contributed by atoms with Crippen LogP contribution in [0.4, 0.5) is 8.78 Å². The molecule has 1 aromatic rings. The molecule has 1 heterocycles. The average Bonchev–Trinajstić information content (AvgIpc) is 2.04. The Balaban J connectivity index is 2.70. The van der Waals surface area contributed by atoms with E-state index in [9.17, 15) is 8.78 Å². The molecule has 1 rings (SSSR count). The van der Waals surface area contributed by atoms with Crippen molar-refractivity contribution in [1.82, 2.24) is 9.97 Å². The summed E-state index contributed by atoms with van der Waals surface area (Å²) in [6, 6.07) is 0. The molecule has 0 atom stereocenters. The van der Waals surface area contributed by atoms with Crippen molar-refractivity contribution in [2.24, 2.45) is 0 Å². The van der Waals surface area contributed by atoms with E-state index in [1.807, 2.05) is 13.8 Å². The van der Waals surface area contributed by atoms with Crippen molar-refractivity contribution in [2.45, 2.75) is 32.6 Å². The SMILES string of the molecule is CC(C)c1cnc(CC(F)F)cn1. The monoisotopic (exact) mass is 186 g/mol. The van der Waals surface area contributed by atoms with Crippen molar-refractivity contribution in [1.29, 1.82) is 0 Å². The van der Waals surface area contributed by atoms with Crippen molar-refractivity contribution < 1.29 is 8.78 Å². The third kappa shape index (κ3) is 3.05. The predicted octanol–water partition coefficient (Wildman–Crippen LogP) is 2.41. The minimum absolute atomic E-state index is 0.285. The lowest BCUT2D eigenvalue weighted by atomic mass is 10.1. The summed E-state index contributed by atoms with van der Waals surface area (Å²) in [7, 11) is 0. The van der Waals surface area contributed by atoms with Gasteiger partial charge < -0.3 is 0 Å². The molecule has 72 valence electrons. The lowest BCUT2D eigenvalue weighted by Gasteiger charge is -2.04. The molecule has 0 aliphatic rings. The number of alkyl halides is 2. The third-order valence-electron chi connectivity index (χ3n) is 1.68. The molecular weight excluding hydrogens is 174 g/mol. The van der Waals surface area contributed by atoms with Gasteiger partial charge in [-0.05, 0) is 5.92 Å². The van der Waals surface area contributed by atoms with Crippen molar-refractivity contribution in [3.05, 3.63) is 23.8 Å². The largest absolute Gasteiger partial charge is 0.258 e. The van der Waals surface area contributed by atoms with Crippen LogP contribution in [0.1, 0.15) is 31.2 Å². The summed E-state index contributed by atoms with van der Waals surface area (Å²) in [6.45, 7) is 3.97. The normalized spacial score (nSPS) is 11.2. The van der Waals surface area contributed by atoms with Gasteiger partial charge in [0.25, 0.3) is 0 Å². The molecule has 0 spiro atoms. The lowest BCUT2D eigenvalue weighted by molar-refractivity contribution is 0.147. The highest BCUT2D eigenvalue weighted by Crippen LogP contribution is 2.10. The van der Waals surface area contributed by atoms with Crippen LogP contribution >= 0.6 is 0 Å². The summed E-state index contributed by atoms with van der Waals surface area (Å²) in [5, 5.41) is 0. The summed E-state index contributed by atoms with van der Waals surface area (Å²) in [6.07, 6.45) is 0.314. The van der Waals surface area contributed by atoms with Crippen molar-refractivity contribution in [3.8, 4) is 0 Å². The Morgan fingerprint density at radius 1 is 1.23 bits per heavy atom. The fourth-order valence-corrected chi connectivity index (χ4v) is 0.926. The van der Waals surface area contributed by atoms with E-state index in [-0.39, 0.29) is 12.3 Å². The maximum atomic E-state index is 11.9. The Bertz CT molecular complexity index is 257. The number of halogens is 2. The number of rotatable bonds is 3. The summed E-state index contributed by atoms with van der Waals surface area (Å²) in [4.78, 5) is 7.93. The third-order valence-corrected chi connectivity index (χ3v) is 1.68. The first kappa shape index (κ1) is 10.0. The summed E-state index contributed by atoms with van der Waals surface area (Å²) < 4.78 is 23.8. The second kappa shape index (κ2) is 4.25. The molecule has 0 aliphatic heterocycles. The fourth-order valence-electron chi connectivity index (χ4n) is 0.926. The highest BCUT2D eigenvalue weighted by atomic mass is 19.3. The first-order valence-corrected chi connectivity index (χ1v) is 4.18. The zero-order valence-electron chi connectivity index (χ0n) is 7.67. The van der Waals surface area contributed by atoms with Crippen molar-refractivity contribution >= 4 is 0 Å². The van der Waals surface area contributed by atoms with Crippen LogP contribution in [0.3, 0.4) is 0 Å². The summed E-state index contributed by atoms with van der Waals surface area (Å²) >= 11 is 0. The van der Waals surface area contributed by atoms with E-state index >= 15 is 0 Å². The van der Waals surface area contributed by atoms with Gasteiger partial charge in [0, 0.05) is 12.4 Å². The molecule has 0 N–H and O–H groups in total. The molecule has 0 amide bonds. The van der Waals surface area contributed by atoms with Gasteiger partial charge in [-0.25, -0.2) is 8.78 Å². The Morgan fingerprint density at radius 2 is 1.92 bits per heavy atom. The second-order valence-corrected chi connectivity index (χ2v) is 3.18. The minimum atomic E-state index is -2.35. The molecule has 0 radical (unpaired) electrons. The Kier molecular flexibility index (Phi) is 3.28. The molecule has 0 saturated heterocycles. The Morgan fingerprint density at radius 3 is 2.31 bits per heavy atom. The molecule has 4 heteroatoms. The fraction of sp³-hybridized carbons (Fsp3) is 0.556. The van der Waals surface area contributed by atoms with Crippen LogP contribution in [0.2, 0.25) is 0 Å². The molecule has 13 heavy (non-hydrogen) atoms. The van der Waals surface area contributed by atoms with Crippen LogP contribution < -0.4 is 0 Å². The highest BCUT2D eigenvalue weighted by Gasteiger charge is 2.07. The maximum absolute atomic E-state index is 11.9. The molecule has 0 bridgehead atoms. The van der Waals surface area contributed by atoms with Gasteiger partial charge in [-0.15, -0.1) is 0 Å². The van der Waals surface area contributed by atoms with E-state index in [0.29, 0.717) is 5.69 Å². The topological polar surface area (TPSA) is 25.8 Å². The zero-order valence-corrected chi connectivity index (χ0v) is 7.67. The van der Waals surface area contributed by atoms with Crippen molar-refractivity contribution in [2.75, 3.05) is 0 Å². The Labute approximate surface area is 76.0 Å². The zero-order chi connectivity index (χ0) is 9.84. The number of hydrogen-bond acceptors (Lipinski definition) is 2. The van der Waals surface area contributed by atoms with E-state index < -0.39 is 6.43 Å². The number of nitrogens with zero attached hydrogens (tertiary/aromatic N) is 2. The highest BCUT2D eigenvalue weighted by molar-refractivity contribution is 5.05. The van der Waals surface area contributed by atoms with Crippen molar-refractivity contribution in [3.63, 3.8) is 0 Å². The van der Waals surface area contributed by atoms with Gasteiger partial charge in [0.05, 0.1) is 17.8 Å². The second-order valence-electron chi connectivity index (χ2n) is 3.18. The van der Waals surface area contributed by atoms with E-state index in [1.165, 1.54) is 6.20 Å². The van der Waals surface area contributed by atoms with Crippen LogP contribution in [0.15, 0.2) is 12.4 Å². The smallest absolute Gasteiger partial charge is 0.244 e. The van der Waals surface area contributed by atoms with Crippen LogP contribution in [0.5, 0.6) is 0 Å². The van der Waals surface area contributed by atoms with Crippen LogP contribution in [-0.4, -0.2) is 16.4 Å². The lowest BCUT2D eigenvalue weighted by Crippen LogP contribution is -2.02. The number of aromatic nitrogens is 2. The van der Waals surface area contributed by atoms with E-state index in [0.717, 1.165) is 5.69 Å². The van der Waals surface area contributed by atoms with E-state index in [4.69, 9.17) is 0 Å². The molecule has 1 aromatic heterocycles. The quantitative estimate of drug-likeness (QED) is 0.724. The first-order valence-electron chi connectivity index (χ1n) is 4.18. The maximum Gasteiger partial charge on any atom is 0.244 e. The molecule has 0 saturated carbocycles. The van der Waals surface area contributed by atoms with Crippen LogP contribution in [-0.2, 0) is 6.42 Å². The molecular formula is C9H12F2N2. The number of hydrogen-bond donors (Lipinski definition) is 0. The molecule has 0 unspecified atom stereocenters.